The van der Waals surface area contributed by atoms with E-state index in [0.29, 0.717) is 6.04 Å². The minimum absolute atomic E-state index is 0.477. The van der Waals surface area contributed by atoms with Crippen LogP contribution in [0.5, 0.6) is 0 Å². The normalized spacial score (nSPS) is 24.9. The zero-order valence-electron chi connectivity index (χ0n) is 21.9. The molecule has 0 spiro atoms. The Bertz CT molecular complexity index is 983. The molecule has 2 aliphatic carbocycles. The average Bonchev–Trinajstić information content (AvgIpc) is 3.34. The van der Waals surface area contributed by atoms with Gasteiger partial charge in [-0.05, 0) is 62.3 Å². The summed E-state index contributed by atoms with van der Waals surface area (Å²) in [4.78, 5) is 13.3. The first-order chi connectivity index (χ1) is 17.2. The third-order valence-electron chi connectivity index (χ3n) is 9.40. The molecule has 0 N–H and O–H groups in total. The molecule has 1 aromatic carbocycles. The molecule has 2 aliphatic heterocycles. The van der Waals surface area contributed by atoms with Gasteiger partial charge in [0.2, 0.25) is 0 Å². The number of benzene rings is 1. The van der Waals surface area contributed by atoms with Crippen molar-refractivity contribution in [3.8, 4) is 11.3 Å². The SMILES string of the molecule is CN1CCN(CCN2CCn3cc(-c4ccc5c(c4)CCCC5)nc3[C@@H]2CC2CCCCC2)CC1. The number of aryl methyl sites for hydroxylation is 2. The number of nitrogens with zero attached hydrogens (tertiary/aromatic N) is 5. The number of aromatic nitrogens is 2. The fraction of sp³-hybridized carbons (Fsp3) is 0.700. The van der Waals surface area contributed by atoms with Gasteiger partial charge in [0, 0.05) is 64.1 Å². The molecule has 6 rings (SSSR count). The van der Waals surface area contributed by atoms with Crippen molar-refractivity contribution < 1.29 is 0 Å². The van der Waals surface area contributed by atoms with Crippen LogP contribution in [-0.2, 0) is 19.4 Å². The summed E-state index contributed by atoms with van der Waals surface area (Å²) in [5.74, 6) is 2.21. The first-order valence-electron chi connectivity index (χ1n) is 14.6. The molecular weight excluding hydrogens is 430 g/mol. The Morgan fingerprint density at radius 3 is 2.46 bits per heavy atom. The maximum atomic E-state index is 5.37. The molecule has 1 saturated carbocycles. The standard InChI is InChI=1S/C30H45N5/c1-32-13-15-33(16-14-32)17-18-34-19-20-35-23-28(27-12-11-25-9-5-6-10-26(25)22-27)31-30(35)29(34)21-24-7-3-2-4-8-24/h11-12,22-24,29H,2-10,13-21H2,1H3/t29-/m0/s1. The first kappa shape index (κ1) is 23.7. The molecule has 0 bridgehead atoms. The van der Waals surface area contributed by atoms with E-state index in [1.165, 1.54) is 121 Å². The first-order valence-corrected chi connectivity index (χ1v) is 14.6. The van der Waals surface area contributed by atoms with E-state index in [4.69, 9.17) is 4.98 Å². The van der Waals surface area contributed by atoms with Crippen molar-refractivity contribution in [2.24, 2.45) is 5.92 Å². The highest BCUT2D eigenvalue weighted by Crippen LogP contribution is 2.38. The van der Waals surface area contributed by atoms with Gasteiger partial charge < -0.3 is 9.47 Å². The smallest absolute Gasteiger partial charge is 0.126 e. The summed E-state index contributed by atoms with van der Waals surface area (Å²) in [6.07, 6.45) is 16.0. The van der Waals surface area contributed by atoms with Crippen LogP contribution in [0.15, 0.2) is 24.4 Å². The van der Waals surface area contributed by atoms with Crippen molar-refractivity contribution in [1.82, 2.24) is 24.3 Å². The summed E-state index contributed by atoms with van der Waals surface area (Å²) < 4.78 is 2.51. The van der Waals surface area contributed by atoms with Crippen LogP contribution in [0.2, 0.25) is 0 Å². The fourth-order valence-corrected chi connectivity index (χ4v) is 7.06. The number of piperazine rings is 1. The topological polar surface area (TPSA) is 27.5 Å². The van der Waals surface area contributed by atoms with E-state index >= 15 is 0 Å². The highest BCUT2D eigenvalue weighted by Gasteiger charge is 2.33. The molecule has 5 nitrogen and oxygen atoms in total. The monoisotopic (exact) mass is 475 g/mol. The van der Waals surface area contributed by atoms with E-state index < -0.39 is 0 Å². The van der Waals surface area contributed by atoms with Gasteiger partial charge in [-0.2, -0.15) is 0 Å². The number of fused-ring (bicyclic) bond motifs is 2. The molecule has 2 aromatic rings. The molecule has 0 amide bonds. The van der Waals surface area contributed by atoms with Crippen LogP contribution >= 0.6 is 0 Å². The quantitative estimate of drug-likeness (QED) is 0.587. The van der Waals surface area contributed by atoms with Gasteiger partial charge in [0.25, 0.3) is 0 Å². The second kappa shape index (κ2) is 10.7. The predicted molar refractivity (Wildman–Crippen MR) is 144 cm³/mol. The molecule has 4 aliphatic rings. The van der Waals surface area contributed by atoms with Crippen LogP contribution in [-0.4, -0.2) is 77.1 Å². The van der Waals surface area contributed by atoms with Crippen LogP contribution in [0.3, 0.4) is 0 Å². The summed E-state index contributed by atoms with van der Waals surface area (Å²) in [6.45, 7) is 9.48. The molecule has 5 heteroatoms. The summed E-state index contributed by atoms with van der Waals surface area (Å²) in [5, 5.41) is 0. The van der Waals surface area contributed by atoms with Gasteiger partial charge in [-0.1, -0.05) is 44.2 Å². The largest absolute Gasteiger partial charge is 0.332 e. The van der Waals surface area contributed by atoms with Crippen LogP contribution < -0.4 is 0 Å². The lowest BCUT2D eigenvalue weighted by molar-refractivity contribution is 0.0881. The number of likely N-dealkylation sites (N-methyl/N-ethyl adjacent to an activating group) is 1. The van der Waals surface area contributed by atoms with Crippen molar-refractivity contribution >= 4 is 0 Å². The van der Waals surface area contributed by atoms with Gasteiger partial charge in [0.05, 0.1) is 11.7 Å². The van der Waals surface area contributed by atoms with Crippen molar-refractivity contribution in [2.75, 3.05) is 52.9 Å². The van der Waals surface area contributed by atoms with Gasteiger partial charge in [0.15, 0.2) is 0 Å². The van der Waals surface area contributed by atoms with Gasteiger partial charge in [-0.3, -0.25) is 9.80 Å². The van der Waals surface area contributed by atoms with Crippen LogP contribution in [0.4, 0.5) is 0 Å². The van der Waals surface area contributed by atoms with Crippen LogP contribution in [0.1, 0.15) is 74.4 Å². The summed E-state index contributed by atoms with van der Waals surface area (Å²) in [7, 11) is 2.25. The maximum Gasteiger partial charge on any atom is 0.126 e. The van der Waals surface area contributed by atoms with E-state index in [9.17, 15) is 0 Å². The third-order valence-corrected chi connectivity index (χ3v) is 9.40. The summed E-state index contributed by atoms with van der Waals surface area (Å²) in [6, 6.07) is 7.64. The van der Waals surface area contributed by atoms with Gasteiger partial charge in [0.1, 0.15) is 5.82 Å². The van der Waals surface area contributed by atoms with Crippen molar-refractivity contribution in [2.45, 2.75) is 76.8 Å². The van der Waals surface area contributed by atoms with E-state index in [2.05, 4.69) is 50.7 Å². The van der Waals surface area contributed by atoms with E-state index in [1.54, 1.807) is 11.1 Å². The van der Waals surface area contributed by atoms with Crippen molar-refractivity contribution in [1.29, 1.82) is 0 Å². The molecule has 1 saturated heterocycles. The Balaban J connectivity index is 1.22. The van der Waals surface area contributed by atoms with E-state index in [-0.39, 0.29) is 0 Å². The molecule has 190 valence electrons. The second-order valence-corrected chi connectivity index (χ2v) is 11.8. The lowest BCUT2D eigenvalue weighted by atomic mass is 9.84. The fourth-order valence-electron chi connectivity index (χ4n) is 7.06. The molecule has 1 atom stereocenters. The summed E-state index contributed by atoms with van der Waals surface area (Å²) in [5.41, 5.74) is 5.65. The van der Waals surface area contributed by atoms with E-state index in [1.807, 2.05) is 0 Å². The molecule has 0 radical (unpaired) electrons. The number of hydrogen-bond donors (Lipinski definition) is 0. The number of rotatable bonds is 6. The molecule has 3 heterocycles. The highest BCUT2D eigenvalue weighted by atomic mass is 15.3. The summed E-state index contributed by atoms with van der Waals surface area (Å²) >= 11 is 0. The Morgan fingerprint density at radius 2 is 1.63 bits per heavy atom. The van der Waals surface area contributed by atoms with Crippen molar-refractivity contribution in [3.63, 3.8) is 0 Å². The van der Waals surface area contributed by atoms with Gasteiger partial charge >= 0.3 is 0 Å². The second-order valence-electron chi connectivity index (χ2n) is 11.8. The Morgan fingerprint density at radius 1 is 0.829 bits per heavy atom. The maximum absolute atomic E-state index is 5.37. The lowest BCUT2D eigenvalue weighted by Crippen LogP contribution is -2.48. The Hall–Kier alpha value is -1.69. The Kier molecular flexibility index (Phi) is 7.27. The zero-order valence-corrected chi connectivity index (χ0v) is 21.9. The predicted octanol–water partition coefficient (Wildman–Crippen LogP) is 5.00. The number of imidazole rings is 1. The van der Waals surface area contributed by atoms with Crippen LogP contribution in [0, 0.1) is 5.92 Å². The zero-order chi connectivity index (χ0) is 23.6. The molecule has 1 aromatic heterocycles. The minimum atomic E-state index is 0.477. The van der Waals surface area contributed by atoms with Gasteiger partial charge in [-0.25, -0.2) is 4.98 Å². The molecule has 2 fully saturated rings. The molecule has 0 unspecified atom stereocenters. The lowest BCUT2D eigenvalue weighted by Gasteiger charge is -2.40. The van der Waals surface area contributed by atoms with Crippen molar-refractivity contribution in [3.05, 3.63) is 41.3 Å². The Labute approximate surface area is 212 Å². The highest BCUT2D eigenvalue weighted by molar-refractivity contribution is 5.61. The average molecular weight is 476 g/mol. The van der Waals surface area contributed by atoms with Crippen LogP contribution in [0.25, 0.3) is 11.3 Å². The minimum Gasteiger partial charge on any atom is -0.332 e. The van der Waals surface area contributed by atoms with E-state index in [0.717, 1.165) is 19.0 Å². The van der Waals surface area contributed by atoms with Gasteiger partial charge in [-0.15, -0.1) is 0 Å². The number of hydrogen-bond acceptors (Lipinski definition) is 4. The molecular formula is C30H45N5. The third kappa shape index (κ3) is 5.38. The molecule has 35 heavy (non-hydrogen) atoms.